The number of hydrogen-bond donors (Lipinski definition) is 3. The monoisotopic (exact) mass is 693 g/mol. The third-order valence-corrected chi connectivity index (χ3v) is 4.91. The summed E-state index contributed by atoms with van der Waals surface area (Å²) in [7, 11) is 0. The minimum absolute atomic E-state index is 0. The number of rotatable bonds is 12. The van der Waals surface area contributed by atoms with Crippen molar-refractivity contribution in [3.8, 4) is 24.7 Å². The first-order chi connectivity index (χ1) is 21.0. The molecule has 0 aromatic carbocycles. The van der Waals surface area contributed by atoms with Gasteiger partial charge in [-0.05, 0) is 123 Å². The van der Waals surface area contributed by atoms with Crippen LogP contribution in [0.4, 0.5) is 0 Å². The zero-order chi connectivity index (χ0) is 38.5. The van der Waals surface area contributed by atoms with Crippen molar-refractivity contribution in [3.63, 3.8) is 0 Å². The van der Waals surface area contributed by atoms with Crippen LogP contribution in [-0.2, 0) is 23.7 Å². The third-order valence-electron chi connectivity index (χ3n) is 4.91. The fourth-order valence-electron chi connectivity index (χ4n) is 2.07. The molecule has 292 valence electrons. The number of terminal acetylenes is 2. The molecule has 8 heteroatoms. The van der Waals surface area contributed by atoms with E-state index in [2.05, 4.69) is 11.8 Å². The molecule has 0 aliphatic rings. The van der Waals surface area contributed by atoms with Crippen molar-refractivity contribution >= 4 is 0 Å². The van der Waals surface area contributed by atoms with Crippen molar-refractivity contribution in [3.05, 3.63) is 0 Å². The molecule has 3 atom stereocenters. The van der Waals surface area contributed by atoms with Crippen LogP contribution in [0.1, 0.15) is 158 Å². The van der Waals surface area contributed by atoms with Crippen molar-refractivity contribution in [2.45, 2.75) is 204 Å². The smallest absolute Gasteiger partial charge is 0.108 e. The zero-order valence-corrected chi connectivity index (χ0v) is 34.1. The SMILES string of the molecule is C.C#CCCOC(C)(C)C.C#CCOC(C)(C)C.CCC(O)COC(C)(C)C.CC[C@@H](O)COC(C)(C)C.CC[C@H](O)COC(C)(C)C. The summed E-state index contributed by atoms with van der Waals surface area (Å²) in [5.74, 6) is 4.92. The number of aliphatic hydroxyl groups is 3. The van der Waals surface area contributed by atoms with Gasteiger partial charge in [0, 0.05) is 6.42 Å². The fraction of sp³-hybridized carbons (Fsp3) is 0.900. The van der Waals surface area contributed by atoms with E-state index in [9.17, 15) is 0 Å². The highest BCUT2D eigenvalue weighted by Gasteiger charge is 2.14. The zero-order valence-electron chi connectivity index (χ0n) is 34.1. The Hall–Kier alpha value is -1.20. The van der Waals surface area contributed by atoms with Crippen molar-refractivity contribution in [2.24, 2.45) is 0 Å². The molecule has 0 aliphatic heterocycles. The van der Waals surface area contributed by atoms with Gasteiger partial charge in [0.25, 0.3) is 0 Å². The summed E-state index contributed by atoms with van der Waals surface area (Å²) in [5.41, 5.74) is -0.522. The van der Waals surface area contributed by atoms with Gasteiger partial charge in [-0.2, -0.15) is 0 Å². The van der Waals surface area contributed by atoms with E-state index < -0.39 is 0 Å². The highest BCUT2D eigenvalue weighted by molar-refractivity contribution is 4.84. The highest BCUT2D eigenvalue weighted by Crippen LogP contribution is 2.10. The lowest BCUT2D eigenvalue weighted by atomic mass is 10.2. The van der Waals surface area contributed by atoms with Crippen molar-refractivity contribution < 1.29 is 39.0 Å². The predicted octanol–water partition coefficient (Wildman–Crippen LogP) is 8.61. The van der Waals surface area contributed by atoms with Crippen LogP contribution in [0, 0.1) is 24.7 Å². The fourth-order valence-corrected chi connectivity index (χ4v) is 2.07. The Morgan fingerprint density at radius 3 is 0.854 bits per heavy atom. The second kappa shape index (κ2) is 31.8. The van der Waals surface area contributed by atoms with E-state index in [1.54, 1.807) is 0 Å². The molecule has 0 fully saturated rings. The molecular formula is C40H84O8. The summed E-state index contributed by atoms with van der Waals surface area (Å²) < 4.78 is 26.5. The molecule has 0 rings (SSSR count). The van der Waals surface area contributed by atoms with E-state index in [4.69, 9.17) is 51.9 Å². The molecule has 0 aliphatic carbocycles. The largest absolute Gasteiger partial charge is 0.391 e. The van der Waals surface area contributed by atoms with E-state index in [-0.39, 0.29) is 53.7 Å². The Morgan fingerprint density at radius 2 is 0.708 bits per heavy atom. The standard InChI is InChI=1S/3C8H18O2.C8H14O.C7H12O.CH4/c3*1-5-7(9)6-10-8(2,3)4;1-5-6-7-9-8(2,3)4;1-5-6-8-7(2,3)4;/h3*7,9H,5-6H2,1-4H3;1H,6-7H2,2-4H3;1H,6H2,2-4H3;1H4/t2*7-;;;;/m10..../s1. The van der Waals surface area contributed by atoms with E-state index in [0.717, 1.165) is 19.3 Å². The summed E-state index contributed by atoms with van der Waals surface area (Å²) in [6, 6.07) is 0. The topological polar surface area (TPSA) is 107 Å². The maximum Gasteiger partial charge on any atom is 0.108 e. The normalized spacial score (nSPS) is 13.4. The van der Waals surface area contributed by atoms with Gasteiger partial charge in [0.2, 0.25) is 0 Å². The van der Waals surface area contributed by atoms with Crippen molar-refractivity contribution in [1.29, 1.82) is 0 Å². The molecule has 0 aromatic heterocycles. The van der Waals surface area contributed by atoms with E-state index >= 15 is 0 Å². The molecule has 3 N–H and O–H groups in total. The molecule has 0 saturated heterocycles. The van der Waals surface area contributed by atoms with Crippen LogP contribution >= 0.6 is 0 Å². The minimum atomic E-state index is -0.306. The molecule has 48 heavy (non-hydrogen) atoms. The lowest BCUT2D eigenvalue weighted by molar-refractivity contribution is -0.0493. The minimum Gasteiger partial charge on any atom is -0.391 e. The Morgan fingerprint density at radius 1 is 0.458 bits per heavy atom. The Bertz CT molecular complexity index is 690. The average molecular weight is 693 g/mol. The molecule has 0 saturated carbocycles. The second-order valence-corrected chi connectivity index (χ2v) is 16.0. The Balaban J connectivity index is -0.000000115. The van der Waals surface area contributed by atoms with Gasteiger partial charge in [0.15, 0.2) is 0 Å². The lowest BCUT2D eigenvalue weighted by Crippen LogP contribution is -2.25. The van der Waals surface area contributed by atoms with Gasteiger partial charge in [-0.1, -0.05) is 34.1 Å². The first kappa shape index (κ1) is 59.0. The maximum absolute atomic E-state index is 9.10. The summed E-state index contributed by atoms with van der Waals surface area (Å²) >= 11 is 0. The van der Waals surface area contributed by atoms with Crippen LogP contribution in [0.2, 0.25) is 0 Å². The third kappa shape index (κ3) is 75.2. The van der Waals surface area contributed by atoms with E-state index in [1.165, 1.54) is 0 Å². The van der Waals surface area contributed by atoms with Crippen LogP contribution in [0.25, 0.3) is 0 Å². The van der Waals surface area contributed by atoms with E-state index in [1.807, 2.05) is 125 Å². The van der Waals surface area contributed by atoms with E-state index in [0.29, 0.717) is 39.5 Å². The van der Waals surface area contributed by atoms with Gasteiger partial charge < -0.3 is 39.0 Å². The molecular weight excluding hydrogens is 608 g/mol. The van der Waals surface area contributed by atoms with Crippen LogP contribution in [0.5, 0.6) is 0 Å². The first-order valence-corrected chi connectivity index (χ1v) is 17.1. The highest BCUT2D eigenvalue weighted by atomic mass is 16.5. The maximum atomic E-state index is 9.10. The molecule has 0 heterocycles. The molecule has 0 amide bonds. The van der Waals surface area contributed by atoms with Gasteiger partial charge in [-0.3, -0.25) is 0 Å². The summed E-state index contributed by atoms with van der Waals surface area (Å²) in [6.07, 6.45) is 12.1. The Kier molecular flexibility index (Phi) is 39.0. The summed E-state index contributed by atoms with van der Waals surface area (Å²) in [4.78, 5) is 0. The molecule has 0 aromatic rings. The van der Waals surface area contributed by atoms with Gasteiger partial charge in [-0.15, -0.1) is 18.8 Å². The number of hydrogen-bond acceptors (Lipinski definition) is 8. The van der Waals surface area contributed by atoms with Crippen LogP contribution in [0.3, 0.4) is 0 Å². The number of ether oxygens (including phenoxy) is 5. The molecule has 0 radical (unpaired) electrons. The second-order valence-electron chi connectivity index (χ2n) is 16.0. The summed E-state index contributed by atoms with van der Waals surface area (Å²) in [5, 5.41) is 27.3. The van der Waals surface area contributed by atoms with Crippen molar-refractivity contribution in [1.82, 2.24) is 0 Å². The molecule has 8 nitrogen and oxygen atoms in total. The van der Waals surface area contributed by atoms with Gasteiger partial charge in [-0.25, -0.2) is 0 Å². The predicted molar refractivity (Wildman–Crippen MR) is 206 cm³/mol. The lowest BCUT2D eigenvalue weighted by Gasteiger charge is -2.21. The quantitative estimate of drug-likeness (QED) is 0.138. The van der Waals surface area contributed by atoms with Crippen LogP contribution < -0.4 is 0 Å². The molecule has 0 spiro atoms. The van der Waals surface area contributed by atoms with Crippen LogP contribution in [0.15, 0.2) is 0 Å². The summed E-state index contributed by atoms with van der Waals surface area (Å²) in [6.45, 7) is 38.0. The van der Waals surface area contributed by atoms with Gasteiger partial charge in [0.05, 0.1) is 72.7 Å². The molecule has 1 unspecified atom stereocenters. The van der Waals surface area contributed by atoms with Gasteiger partial charge in [0.1, 0.15) is 6.61 Å². The molecule has 0 bridgehead atoms. The average Bonchev–Trinajstić information content (AvgIpc) is 2.91. The van der Waals surface area contributed by atoms with Crippen molar-refractivity contribution in [2.75, 3.05) is 33.0 Å². The first-order valence-electron chi connectivity index (χ1n) is 17.1. The van der Waals surface area contributed by atoms with Crippen LogP contribution in [-0.4, -0.2) is 94.7 Å². The number of aliphatic hydroxyl groups excluding tert-OH is 3. The Labute approximate surface area is 300 Å². The van der Waals surface area contributed by atoms with Gasteiger partial charge >= 0.3 is 0 Å².